The van der Waals surface area contributed by atoms with Crippen molar-refractivity contribution >= 4 is 12.1 Å². The zero-order valence-electron chi connectivity index (χ0n) is 13.9. The molecule has 0 aromatic heterocycles. The number of hydrogen-bond acceptors (Lipinski definition) is 4. The molecule has 0 saturated carbocycles. The summed E-state index contributed by atoms with van der Waals surface area (Å²) in [6.07, 6.45) is -0.802. The van der Waals surface area contributed by atoms with E-state index in [0.29, 0.717) is 0 Å². The number of alkyl carbamates (subject to hydrolysis) is 1. The van der Waals surface area contributed by atoms with Crippen LogP contribution in [-0.4, -0.2) is 18.1 Å². The molecule has 1 N–H and O–H groups in total. The number of carboxylic acid groups (broad SMARTS) is 1. The monoisotopic (exact) mass is 326 g/mol. The smallest absolute Gasteiger partial charge is 0.408 e. The molecule has 0 heterocycles. The molecule has 0 spiro atoms. The highest BCUT2D eigenvalue weighted by molar-refractivity contribution is 5.78. The molecule has 1 amide bonds. The lowest BCUT2D eigenvalue weighted by Gasteiger charge is -2.27. The molecule has 1 unspecified atom stereocenters. The molecule has 5 nitrogen and oxygen atoms in total. The first kappa shape index (κ1) is 17.5. The summed E-state index contributed by atoms with van der Waals surface area (Å²) in [4.78, 5) is 22.5. The van der Waals surface area contributed by atoms with E-state index in [1.54, 1.807) is 13.8 Å². The van der Waals surface area contributed by atoms with Crippen LogP contribution in [0.1, 0.15) is 26.3 Å². The second kappa shape index (κ2) is 7.17. The van der Waals surface area contributed by atoms with Crippen LogP contribution in [0.15, 0.2) is 54.6 Å². The van der Waals surface area contributed by atoms with Gasteiger partial charge >= 0.3 is 6.09 Å². The van der Waals surface area contributed by atoms with E-state index in [1.807, 2.05) is 54.6 Å². The van der Waals surface area contributed by atoms with Crippen LogP contribution in [0.4, 0.5) is 4.79 Å². The van der Waals surface area contributed by atoms with Crippen molar-refractivity contribution in [1.29, 1.82) is 0 Å². The van der Waals surface area contributed by atoms with E-state index in [1.165, 1.54) is 6.92 Å². The topological polar surface area (TPSA) is 78.5 Å². The first-order valence-corrected chi connectivity index (χ1v) is 7.66. The van der Waals surface area contributed by atoms with Crippen molar-refractivity contribution in [2.24, 2.45) is 0 Å². The second-order valence-electron chi connectivity index (χ2n) is 6.03. The molecule has 0 bridgehead atoms. The number of rotatable bonds is 5. The highest BCUT2D eigenvalue weighted by Gasteiger charge is 2.26. The number of aliphatic carboxylic acids is 1. The van der Waals surface area contributed by atoms with Gasteiger partial charge in [-0.2, -0.15) is 0 Å². The van der Waals surface area contributed by atoms with E-state index in [2.05, 4.69) is 5.32 Å². The lowest BCUT2D eigenvalue weighted by Crippen LogP contribution is -2.47. The molecule has 0 aliphatic carbocycles. The van der Waals surface area contributed by atoms with Gasteiger partial charge in [-0.15, -0.1) is 0 Å². The maximum atomic E-state index is 11.8. The zero-order valence-corrected chi connectivity index (χ0v) is 13.9. The third kappa shape index (κ3) is 4.35. The van der Waals surface area contributed by atoms with Crippen LogP contribution in [0.3, 0.4) is 0 Å². The normalized spacial score (nSPS) is 12.3. The van der Waals surface area contributed by atoms with Gasteiger partial charge in [-0.3, -0.25) is 0 Å². The number of carboxylic acids is 1. The summed E-state index contributed by atoms with van der Waals surface area (Å²) in [5.41, 5.74) is 2.07. The van der Waals surface area contributed by atoms with Gasteiger partial charge in [0.2, 0.25) is 0 Å². The molecule has 2 aromatic carbocycles. The molecular weight excluding hydrogens is 306 g/mol. The summed E-state index contributed by atoms with van der Waals surface area (Å²) < 4.78 is 5.35. The Kier molecular flexibility index (Phi) is 5.24. The second-order valence-corrected chi connectivity index (χ2v) is 6.03. The lowest BCUT2D eigenvalue weighted by molar-refractivity contribution is -0.307. The Bertz CT molecular complexity index is 708. The minimum Gasteiger partial charge on any atom is -0.548 e. The van der Waals surface area contributed by atoms with E-state index in [4.69, 9.17) is 4.74 Å². The molecular formula is C19H20NO4-. The van der Waals surface area contributed by atoms with Gasteiger partial charge in [-0.1, -0.05) is 54.6 Å². The van der Waals surface area contributed by atoms with Gasteiger partial charge in [0.25, 0.3) is 0 Å². The van der Waals surface area contributed by atoms with Gasteiger partial charge in [0.1, 0.15) is 5.60 Å². The third-order valence-corrected chi connectivity index (χ3v) is 3.72. The number of carbonyl (C=O) groups excluding carboxylic acids is 2. The third-order valence-electron chi connectivity index (χ3n) is 3.72. The summed E-state index contributed by atoms with van der Waals surface area (Å²) in [5, 5.41) is 12.9. The van der Waals surface area contributed by atoms with Crippen LogP contribution in [0.2, 0.25) is 0 Å². The van der Waals surface area contributed by atoms with E-state index < -0.39 is 23.7 Å². The van der Waals surface area contributed by atoms with Gasteiger partial charge in [0.05, 0.1) is 12.0 Å². The van der Waals surface area contributed by atoms with Gasteiger partial charge in [0.15, 0.2) is 0 Å². The van der Waals surface area contributed by atoms with E-state index in [9.17, 15) is 14.7 Å². The molecule has 2 rings (SSSR count). The summed E-state index contributed by atoms with van der Waals surface area (Å²) in [6, 6.07) is 16.5. The Morgan fingerprint density at radius 2 is 1.54 bits per heavy atom. The van der Waals surface area contributed by atoms with Crippen LogP contribution in [0.5, 0.6) is 0 Å². The van der Waals surface area contributed by atoms with Crippen molar-refractivity contribution in [2.45, 2.75) is 32.4 Å². The Morgan fingerprint density at radius 3 is 2.08 bits per heavy atom. The van der Waals surface area contributed by atoms with Crippen molar-refractivity contribution in [3.05, 3.63) is 60.2 Å². The quantitative estimate of drug-likeness (QED) is 0.915. The maximum Gasteiger partial charge on any atom is 0.408 e. The van der Waals surface area contributed by atoms with Crippen molar-refractivity contribution in [3.8, 4) is 11.1 Å². The van der Waals surface area contributed by atoms with Crippen LogP contribution >= 0.6 is 0 Å². The minimum atomic E-state index is -1.36. The molecule has 24 heavy (non-hydrogen) atoms. The highest BCUT2D eigenvalue weighted by atomic mass is 16.6. The fourth-order valence-corrected chi connectivity index (χ4v) is 2.25. The fourth-order valence-electron chi connectivity index (χ4n) is 2.25. The number of ether oxygens (including phenoxy) is 1. The lowest BCUT2D eigenvalue weighted by atomic mass is 9.95. The SMILES string of the molecule is CC(NC(=O)OC(C)(C)c1ccc(-c2ccccc2)cc1)C(=O)[O-]. The van der Waals surface area contributed by atoms with Crippen LogP contribution in [-0.2, 0) is 15.1 Å². The summed E-state index contributed by atoms with van der Waals surface area (Å²) in [7, 11) is 0. The average Bonchev–Trinajstić information content (AvgIpc) is 2.55. The molecule has 0 aliphatic rings. The molecule has 0 radical (unpaired) electrons. The first-order chi connectivity index (χ1) is 11.3. The Balaban J connectivity index is 2.09. The van der Waals surface area contributed by atoms with Gasteiger partial charge < -0.3 is 20.0 Å². The van der Waals surface area contributed by atoms with Crippen molar-refractivity contribution in [1.82, 2.24) is 5.32 Å². The fraction of sp³-hybridized carbons (Fsp3) is 0.263. The number of amides is 1. The van der Waals surface area contributed by atoms with Gasteiger partial charge in [0, 0.05) is 0 Å². The summed E-state index contributed by atoms with van der Waals surface area (Å²) >= 11 is 0. The number of nitrogens with one attached hydrogen (secondary N) is 1. The molecule has 0 aliphatic heterocycles. The van der Waals surface area contributed by atoms with Crippen LogP contribution in [0.25, 0.3) is 11.1 Å². The minimum absolute atomic E-state index is 0.802. The summed E-state index contributed by atoms with van der Waals surface area (Å²) in [5.74, 6) is -1.36. The largest absolute Gasteiger partial charge is 0.548 e. The number of hydrogen-bond donors (Lipinski definition) is 1. The Morgan fingerprint density at radius 1 is 1.00 bits per heavy atom. The molecule has 0 fully saturated rings. The van der Waals surface area contributed by atoms with Crippen LogP contribution < -0.4 is 10.4 Å². The van der Waals surface area contributed by atoms with Gasteiger partial charge in [-0.25, -0.2) is 4.79 Å². The molecule has 0 saturated heterocycles. The van der Waals surface area contributed by atoms with Gasteiger partial charge in [-0.05, 0) is 37.5 Å². The summed E-state index contributed by atoms with van der Waals surface area (Å²) in [6.45, 7) is 4.81. The van der Waals surface area contributed by atoms with Crippen LogP contribution in [0, 0.1) is 0 Å². The molecule has 126 valence electrons. The molecule has 2 aromatic rings. The average molecular weight is 326 g/mol. The predicted octanol–water partition coefficient (Wildman–Crippen LogP) is 2.45. The molecule has 5 heteroatoms. The predicted molar refractivity (Wildman–Crippen MR) is 89.0 cm³/mol. The van der Waals surface area contributed by atoms with E-state index >= 15 is 0 Å². The van der Waals surface area contributed by atoms with E-state index in [0.717, 1.165) is 16.7 Å². The Labute approximate surface area is 141 Å². The van der Waals surface area contributed by atoms with E-state index in [-0.39, 0.29) is 0 Å². The maximum absolute atomic E-state index is 11.8. The highest BCUT2D eigenvalue weighted by Crippen LogP contribution is 2.27. The molecule has 1 atom stereocenters. The van der Waals surface area contributed by atoms with Crippen molar-refractivity contribution in [2.75, 3.05) is 0 Å². The Hall–Kier alpha value is -2.82. The number of benzene rings is 2. The standard InChI is InChI=1S/C19H21NO4/c1-13(17(21)22)20-18(23)24-19(2,3)16-11-9-15(10-12-16)14-7-5-4-6-8-14/h4-13H,1-3H3,(H,20,23)(H,21,22)/p-1. The van der Waals surface area contributed by atoms with Crippen molar-refractivity contribution in [3.63, 3.8) is 0 Å². The zero-order chi connectivity index (χ0) is 17.7. The number of carbonyl (C=O) groups is 2. The first-order valence-electron chi connectivity index (χ1n) is 7.66. The van der Waals surface area contributed by atoms with Crippen molar-refractivity contribution < 1.29 is 19.4 Å².